The molecule has 0 unspecified atom stereocenters. The van der Waals surface area contributed by atoms with Crippen molar-refractivity contribution < 1.29 is 27.5 Å². The smallest absolute Gasteiger partial charge is 0.338 e. The third-order valence-corrected chi connectivity index (χ3v) is 5.58. The van der Waals surface area contributed by atoms with Gasteiger partial charge in [0, 0.05) is 14.1 Å². The van der Waals surface area contributed by atoms with Gasteiger partial charge in [0.05, 0.1) is 16.0 Å². The topological polar surface area (TPSA) is 90.0 Å². The first-order valence-corrected chi connectivity index (χ1v) is 9.60. The number of sulfonamides is 1. The first kappa shape index (κ1) is 20.6. The first-order chi connectivity index (χ1) is 12.7. The summed E-state index contributed by atoms with van der Waals surface area (Å²) in [6, 6.07) is 12.7. The van der Waals surface area contributed by atoms with Crippen molar-refractivity contribution in [1.82, 2.24) is 4.31 Å². The van der Waals surface area contributed by atoms with Gasteiger partial charge in [0.2, 0.25) is 10.0 Å². The fraction of sp³-hybridized carbons (Fsp3) is 0.263. The molecule has 0 bridgehead atoms. The Morgan fingerprint density at radius 3 is 2.11 bits per heavy atom. The molecule has 2 aromatic rings. The van der Waals surface area contributed by atoms with Crippen molar-refractivity contribution in [2.24, 2.45) is 0 Å². The Hall–Kier alpha value is -2.71. The van der Waals surface area contributed by atoms with Crippen LogP contribution in [0.25, 0.3) is 0 Å². The predicted molar refractivity (Wildman–Crippen MR) is 99.1 cm³/mol. The number of ether oxygens (including phenoxy) is 2. The summed E-state index contributed by atoms with van der Waals surface area (Å²) in [5.74, 6) is -1.19. The summed E-state index contributed by atoms with van der Waals surface area (Å²) in [7, 11) is -0.839. The molecule has 0 N–H and O–H groups in total. The zero-order valence-corrected chi connectivity index (χ0v) is 16.2. The molecular formula is C19H21NO6S. The van der Waals surface area contributed by atoms with E-state index in [1.807, 2.05) is 0 Å². The third kappa shape index (κ3) is 5.15. The second-order valence-electron chi connectivity index (χ2n) is 5.90. The molecule has 2 aromatic carbocycles. The molecule has 7 nitrogen and oxygen atoms in total. The largest absolute Gasteiger partial charge is 0.458 e. The van der Waals surface area contributed by atoms with Crippen molar-refractivity contribution in [3.05, 3.63) is 65.2 Å². The van der Waals surface area contributed by atoms with E-state index in [4.69, 9.17) is 9.47 Å². The molecule has 27 heavy (non-hydrogen) atoms. The molecule has 0 heterocycles. The molecule has 0 aromatic heterocycles. The molecule has 0 aliphatic carbocycles. The summed E-state index contributed by atoms with van der Waals surface area (Å²) in [6.45, 7) is 1.44. The van der Waals surface area contributed by atoms with Crippen molar-refractivity contribution >= 4 is 22.0 Å². The number of hydrogen-bond acceptors (Lipinski definition) is 6. The summed E-state index contributed by atoms with van der Waals surface area (Å²) in [5, 5.41) is 0. The number of rotatable bonds is 7. The van der Waals surface area contributed by atoms with E-state index in [0.717, 1.165) is 4.31 Å². The molecule has 0 saturated heterocycles. The Morgan fingerprint density at radius 2 is 1.52 bits per heavy atom. The standard InChI is InChI=1S/C19H21NO6S/c1-14-9-10-16(27(23,24)20(2)3)13-17(14)19(22)26-12-11-25-18(21)15-7-5-4-6-8-15/h4-10,13H,11-12H2,1-3H3. The van der Waals surface area contributed by atoms with Gasteiger partial charge < -0.3 is 9.47 Å². The van der Waals surface area contributed by atoms with Gasteiger partial charge in [-0.15, -0.1) is 0 Å². The minimum absolute atomic E-state index is 0.000514. The van der Waals surface area contributed by atoms with Crippen LogP contribution in [-0.2, 0) is 19.5 Å². The summed E-state index contributed by atoms with van der Waals surface area (Å²) in [4.78, 5) is 24.1. The van der Waals surface area contributed by atoms with Crippen LogP contribution in [0.5, 0.6) is 0 Å². The summed E-state index contributed by atoms with van der Waals surface area (Å²) in [5.41, 5.74) is 1.13. The molecule has 0 atom stereocenters. The lowest BCUT2D eigenvalue weighted by Crippen LogP contribution is -2.23. The van der Waals surface area contributed by atoms with E-state index in [1.165, 1.54) is 26.2 Å². The highest BCUT2D eigenvalue weighted by Crippen LogP contribution is 2.19. The molecule has 0 spiro atoms. The van der Waals surface area contributed by atoms with E-state index < -0.39 is 22.0 Å². The number of aryl methyl sites for hydroxylation is 1. The van der Waals surface area contributed by atoms with Crippen LogP contribution in [0, 0.1) is 6.92 Å². The molecule has 0 saturated carbocycles. The van der Waals surface area contributed by atoms with Gasteiger partial charge in [-0.3, -0.25) is 0 Å². The predicted octanol–water partition coefficient (Wildman–Crippen LogP) is 2.26. The summed E-state index contributed by atoms with van der Waals surface area (Å²) < 4.78 is 35.6. The lowest BCUT2D eigenvalue weighted by molar-refractivity contribution is 0.0265. The van der Waals surface area contributed by atoms with Crippen molar-refractivity contribution in [1.29, 1.82) is 0 Å². The molecule has 8 heteroatoms. The lowest BCUT2D eigenvalue weighted by atomic mass is 10.1. The van der Waals surface area contributed by atoms with Gasteiger partial charge in [-0.2, -0.15) is 0 Å². The molecular weight excluding hydrogens is 370 g/mol. The molecule has 2 rings (SSSR count). The highest BCUT2D eigenvalue weighted by atomic mass is 32.2. The maximum Gasteiger partial charge on any atom is 0.338 e. The van der Waals surface area contributed by atoms with E-state index in [2.05, 4.69) is 0 Å². The molecule has 0 radical (unpaired) electrons. The average molecular weight is 391 g/mol. The highest BCUT2D eigenvalue weighted by molar-refractivity contribution is 7.89. The maximum absolute atomic E-state index is 12.3. The average Bonchev–Trinajstić information content (AvgIpc) is 2.65. The van der Waals surface area contributed by atoms with Crippen LogP contribution in [0.1, 0.15) is 26.3 Å². The Labute approximate surface area is 158 Å². The zero-order chi connectivity index (χ0) is 20.0. The van der Waals surface area contributed by atoms with Crippen molar-refractivity contribution in [3.8, 4) is 0 Å². The normalized spacial score (nSPS) is 11.3. The second-order valence-corrected chi connectivity index (χ2v) is 8.05. The van der Waals surface area contributed by atoms with Gasteiger partial charge >= 0.3 is 11.9 Å². The number of hydrogen-bond donors (Lipinski definition) is 0. The van der Waals surface area contributed by atoms with Crippen LogP contribution in [0.3, 0.4) is 0 Å². The van der Waals surface area contributed by atoms with Crippen LogP contribution in [0.2, 0.25) is 0 Å². The number of esters is 2. The van der Waals surface area contributed by atoms with Crippen LogP contribution in [0.4, 0.5) is 0 Å². The minimum Gasteiger partial charge on any atom is -0.458 e. The number of carbonyl (C=O) groups excluding carboxylic acids is 2. The lowest BCUT2D eigenvalue weighted by Gasteiger charge is -2.13. The summed E-state index contributed by atoms with van der Waals surface area (Å²) >= 11 is 0. The van der Waals surface area contributed by atoms with Gasteiger partial charge in [-0.05, 0) is 36.8 Å². The van der Waals surface area contributed by atoms with E-state index >= 15 is 0 Å². The SMILES string of the molecule is Cc1ccc(S(=O)(=O)N(C)C)cc1C(=O)OCCOC(=O)c1ccccc1. The first-order valence-electron chi connectivity index (χ1n) is 8.16. The molecule has 0 aliphatic heterocycles. The van der Waals surface area contributed by atoms with E-state index in [-0.39, 0.29) is 23.7 Å². The third-order valence-electron chi connectivity index (χ3n) is 3.77. The number of carbonyl (C=O) groups is 2. The number of benzene rings is 2. The van der Waals surface area contributed by atoms with Gasteiger partial charge in [-0.1, -0.05) is 24.3 Å². The fourth-order valence-electron chi connectivity index (χ4n) is 2.20. The Morgan fingerprint density at radius 1 is 0.926 bits per heavy atom. The fourth-order valence-corrected chi connectivity index (χ4v) is 3.12. The molecule has 0 amide bonds. The van der Waals surface area contributed by atoms with Crippen LogP contribution in [0.15, 0.2) is 53.4 Å². The monoisotopic (exact) mass is 391 g/mol. The van der Waals surface area contributed by atoms with Gasteiger partial charge in [0.1, 0.15) is 13.2 Å². The van der Waals surface area contributed by atoms with Gasteiger partial charge in [0.25, 0.3) is 0 Å². The van der Waals surface area contributed by atoms with Gasteiger partial charge in [0.15, 0.2) is 0 Å². The molecule has 144 valence electrons. The Bertz CT molecular complexity index is 922. The Balaban J connectivity index is 1.97. The van der Waals surface area contributed by atoms with E-state index in [9.17, 15) is 18.0 Å². The maximum atomic E-state index is 12.3. The molecule has 0 aliphatic rings. The number of nitrogens with zero attached hydrogens (tertiary/aromatic N) is 1. The van der Waals surface area contributed by atoms with Crippen molar-refractivity contribution in [2.75, 3.05) is 27.3 Å². The quantitative estimate of drug-likeness (QED) is 0.531. The minimum atomic E-state index is -3.66. The van der Waals surface area contributed by atoms with Crippen LogP contribution < -0.4 is 0 Å². The van der Waals surface area contributed by atoms with Crippen LogP contribution in [-0.4, -0.2) is 52.0 Å². The highest BCUT2D eigenvalue weighted by Gasteiger charge is 2.20. The zero-order valence-electron chi connectivity index (χ0n) is 15.3. The van der Waals surface area contributed by atoms with Crippen molar-refractivity contribution in [2.45, 2.75) is 11.8 Å². The second kappa shape index (κ2) is 8.79. The summed E-state index contributed by atoms with van der Waals surface area (Å²) in [6.07, 6.45) is 0. The Kier molecular flexibility index (Phi) is 6.70. The van der Waals surface area contributed by atoms with Crippen molar-refractivity contribution in [3.63, 3.8) is 0 Å². The van der Waals surface area contributed by atoms with E-state index in [1.54, 1.807) is 43.3 Å². The van der Waals surface area contributed by atoms with Gasteiger partial charge in [-0.25, -0.2) is 22.3 Å². The van der Waals surface area contributed by atoms with E-state index in [0.29, 0.717) is 11.1 Å². The molecule has 0 fully saturated rings. The van der Waals surface area contributed by atoms with Crippen LogP contribution >= 0.6 is 0 Å².